The third-order valence-electron chi connectivity index (χ3n) is 2.56. The van der Waals surface area contributed by atoms with E-state index in [1.807, 2.05) is 12.1 Å². The van der Waals surface area contributed by atoms with E-state index in [9.17, 15) is 4.79 Å². The molecule has 1 unspecified atom stereocenters. The first kappa shape index (κ1) is 17.3. The molecule has 0 saturated heterocycles. The molecule has 118 valence electrons. The summed E-state index contributed by atoms with van der Waals surface area (Å²) in [5.41, 5.74) is 2.47. The van der Waals surface area contributed by atoms with Crippen LogP contribution in [-0.4, -0.2) is 30.5 Å². The molecule has 6 nitrogen and oxygen atoms in total. The maximum atomic E-state index is 11.6. The second-order valence-corrected chi connectivity index (χ2v) is 5.50. The smallest absolute Gasteiger partial charge is 0.431 e. The van der Waals surface area contributed by atoms with Crippen LogP contribution in [0.5, 0.6) is 5.75 Å². The quantitative estimate of drug-likeness (QED) is 0.789. The molecule has 21 heavy (non-hydrogen) atoms. The fraction of sp³-hybridized carbons (Fsp3) is 0.533. The van der Waals surface area contributed by atoms with Crippen molar-refractivity contribution >= 4 is 6.09 Å². The predicted octanol–water partition coefficient (Wildman–Crippen LogP) is 2.58. The van der Waals surface area contributed by atoms with E-state index in [0.717, 1.165) is 11.3 Å². The Morgan fingerprint density at radius 1 is 1.29 bits per heavy atom. The Morgan fingerprint density at radius 2 is 1.90 bits per heavy atom. The Hall–Kier alpha value is -1.79. The van der Waals surface area contributed by atoms with Crippen LogP contribution in [0.3, 0.4) is 0 Å². The van der Waals surface area contributed by atoms with Crippen molar-refractivity contribution in [3.05, 3.63) is 29.8 Å². The summed E-state index contributed by atoms with van der Waals surface area (Å²) in [4.78, 5) is 16.9. The van der Waals surface area contributed by atoms with Crippen molar-refractivity contribution in [1.82, 2.24) is 5.48 Å². The van der Waals surface area contributed by atoms with Crippen molar-refractivity contribution in [1.29, 1.82) is 0 Å². The number of aliphatic hydroxyl groups excluding tert-OH is 1. The molecule has 1 aromatic rings. The largest absolute Gasteiger partial charge is 0.497 e. The summed E-state index contributed by atoms with van der Waals surface area (Å²) in [5, 5.41) is 9.10. The minimum Gasteiger partial charge on any atom is -0.497 e. The van der Waals surface area contributed by atoms with Gasteiger partial charge in [0, 0.05) is 13.0 Å². The number of carbonyl (C=O) groups excluding carboxylic acids is 1. The highest BCUT2D eigenvalue weighted by Gasteiger charge is 2.19. The van der Waals surface area contributed by atoms with E-state index in [4.69, 9.17) is 19.4 Å². The topological polar surface area (TPSA) is 77.0 Å². The Labute approximate surface area is 125 Å². The van der Waals surface area contributed by atoms with E-state index in [1.54, 1.807) is 40.0 Å². The second kappa shape index (κ2) is 7.85. The monoisotopic (exact) mass is 297 g/mol. The number of methoxy groups -OCH3 is 1. The Morgan fingerprint density at radius 3 is 2.38 bits per heavy atom. The van der Waals surface area contributed by atoms with Gasteiger partial charge in [-0.2, -0.15) is 5.48 Å². The number of hydrogen-bond acceptors (Lipinski definition) is 5. The van der Waals surface area contributed by atoms with Crippen LogP contribution in [0.25, 0.3) is 0 Å². The first-order chi connectivity index (χ1) is 9.85. The molecule has 0 aliphatic heterocycles. The van der Waals surface area contributed by atoms with E-state index < -0.39 is 17.8 Å². The van der Waals surface area contributed by atoms with Gasteiger partial charge in [0.25, 0.3) is 0 Å². The molecule has 1 atom stereocenters. The van der Waals surface area contributed by atoms with Crippen molar-refractivity contribution < 1.29 is 24.2 Å². The Kier molecular flexibility index (Phi) is 6.45. The molecule has 2 N–H and O–H groups in total. The molecule has 1 amide bonds. The molecule has 0 aliphatic carbocycles. The van der Waals surface area contributed by atoms with E-state index in [-0.39, 0.29) is 6.61 Å². The fourth-order valence-corrected chi connectivity index (χ4v) is 1.65. The molecule has 0 radical (unpaired) electrons. The molecule has 0 aromatic heterocycles. The van der Waals surface area contributed by atoms with Crippen LogP contribution < -0.4 is 10.2 Å². The van der Waals surface area contributed by atoms with Crippen LogP contribution in [0, 0.1) is 0 Å². The second-order valence-electron chi connectivity index (χ2n) is 5.50. The van der Waals surface area contributed by atoms with Crippen molar-refractivity contribution in [2.75, 3.05) is 13.7 Å². The molecule has 1 rings (SSSR count). The molecule has 6 heteroatoms. The number of hydrogen-bond donors (Lipinski definition) is 2. The van der Waals surface area contributed by atoms with Crippen molar-refractivity contribution in [2.24, 2.45) is 0 Å². The number of rotatable bonds is 6. The number of ether oxygens (including phenoxy) is 2. The number of amides is 1. The summed E-state index contributed by atoms with van der Waals surface area (Å²) in [7, 11) is 1.58. The number of aliphatic hydroxyl groups is 1. The van der Waals surface area contributed by atoms with Crippen LogP contribution >= 0.6 is 0 Å². The van der Waals surface area contributed by atoms with Crippen molar-refractivity contribution in [2.45, 2.75) is 38.9 Å². The molecular weight excluding hydrogens is 274 g/mol. The SMILES string of the molecule is COc1ccc(C(CCO)ONC(=O)OC(C)(C)C)cc1. The summed E-state index contributed by atoms with van der Waals surface area (Å²) in [6.45, 7) is 5.23. The molecular formula is C15H23NO5. The van der Waals surface area contributed by atoms with Gasteiger partial charge in [-0.25, -0.2) is 4.79 Å². The zero-order valence-electron chi connectivity index (χ0n) is 12.9. The normalized spacial score (nSPS) is 12.6. The van der Waals surface area contributed by atoms with E-state index in [1.165, 1.54) is 0 Å². The van der Waals surface area contributed by atoms with E-state index >= 15 is 0 Å². The summed E-state index contributed by atoms with van der Waals surface area (Å²) in [6.07, 6.45) is -0.783. The van der Waals surface area contributed by atoms with Gasteiger partial charge in [-0.05, 0) is 38.5 Å². The lowest BCUT2D eigenvalue weighted by Crippen LogP contribution is -2.33. The summed E-state index contributed by atoms with van der Waals surface area (Å²) < 4.78 is 10.2. The van der Waals surface area contributed by atoms with Crippen LogP contribution in [0.15, 0.2) is 24.3 Å². The first-order valence-electron chi connectivity index (χ1n) is 6.75. The van der Waals surface area contributed by atoms with E-state index in [2.05, 4.69) is 5.48 Å². The highest BCUT2D eigenvalue weighted by Crippen LogP contribution is 2.22. The van der Waals surface area contributed by atoms with Gasteiger partial charge >= 0.3 is 6.09 Å². The Bertz CT molecular complexity index is 438. The lowest BCUT2D eigenvalue weighted by molar-refractivity contribution is -0.0505. The van der Waals surface area contributed by atoms with Gasteiger partial charge in [0.05, 0.1) is 7.11 Å². The number of nitrogens with one attached hydrogen (secondary N) is 1. The van der Waals surface area contributed by atoms with Gasteiger partial charge < -0.3 is 14.6 Å². The number of hydroxylamine groups is 1. The number of carbonyl (C=O) groups is 1. The van der Waals surface area contributed by atoms with Gasteiger partial charge in [-0.15, -0.1) is 0 Å². The van der Waals surface area contributed by atoms with Crippen molar-refractivity contribution in [3.8, 4) is 5.75 Å². The summed E-state index contributed by atoms with van der Waals surface area (Å²) in [5.74, 6) is 0.724. The van der Waals surface area contributed by atoms with Crippen LogP contribution in [0.1, 0.15) is 38.9 Å². The molecule has 0 aliphatic rings. The van der Waals surface area contributed by atoms with Gasteiger partial charge in [0.2, 0.25) is 0 Å². The summed E-state index contributed by atoms with van der Waals surface area (Å²) in [6, 6.07) is 7.21. The van der Waals surface area contributed by atoms with Crippen LogP contribution in [0.2, 0.25) is 0 Å². The van der Waals surface area contributed by atoms with Crippen LogP contribution in [0.4, 0.5) is 4.79 Å². The van der Waals surface area contributed by atoms with Gasteiger partial charge in [-0.1, -0.05) is 12.1 Å². The zero-order chi connectivity index (χ0) is 15.9. The Balaban J connectivity index is 2.62. The molecule has 1 aromatic carbocycles. The lowest BCUT2D eigenvalue weighted by atomic mass is 10.1. The minimum absolute atomic E-state index is 0.0628. The third kappa shape index (κ3) is 6.46. The minimum atomic E-state index is -0.668. The van der Waals surface area contributed by atoms with Crippen LogP contribution in [-0.2, 0) is 9.57 Å². The highest BCUT2D eigenvalue weighted by atomic mass is 16.7. The average Bonchev–Trinajstić information content (AvgIpc) is 2.42. The molecule has 0 heterocycles. The first-order valence-corrected chi connectivity index (χ1v) is 6.75. The van der Waals surface area contributed by atoms with Crippen molar-refractivity contribution in [3.63, 3.8) is 0 Å². The third-order valence-corrected chi connectivity index (χ3v) is 2.56. The molecule has 0 spiro atoms. The lowest BCUT2D eigenvalue weighted by Gasteiger charge is -2.22. The summed E-state index contributed by atoms with van der Waals surface area (Å²) >= 11 is 0. The highest BCUT2D eigenvalue weighted by molar-refractivity contribution is 5.66. The predicted molar refractivity (Wildman–Crippen MR) is 77.9 cm³/mol. The standard InChI is InChI=1S/C15H23NO5/c1-15(2,3)20-14(18)16-21-13(9-10-17)11-5-7-12(19-4)8-6-11/h5-8,13,17H,9-10H2,1-4H3,(H,16,18). The number of benzene rings is 1. The fourth-order valence-electron chi connectivity index (χ4n) is 1.65. The molecule has 0 saturated carbocycles. The van der Waals surface area contributed by atoms with Gasteiger partial charge in [0.1, 0.15) is 17.5 Å². The average molecular weight is 297 g/mol. The molecule has 0 bridgehead atoms. The molecule has 0 fully saturated rings. The maximum absolute atomic E-state index is 11.6. The maximum Gasteiger partial charge on any atom is 0.431 e. The van der Waals surface area contributed by atoms with Gasteiger partial charge in [-0.3, -0.25) is 4.84 Å². The zero-order valence-corrected chi connectivity index (χ0v) is 12.9. The van der Waals surface area contributed by atoms with E-state index in [0.29, 0.717) is 6.42 Å². The van der Waals surface area contributed by atoms with Gasteiger partial charge in [0.15, 0.2) is 0 Å².